The lowest BCUT2D eigenvalue weighted by atomic mass is 9.88. The molecule has 31 heavy (non-hydrogen) atoms. The minimum atomic E-state index is -1.21. The van der Waals surface area contributed by atoms with Gasteiger partial charge in [-0.05, 0) is 50.9 Å². The average Bonchev–Trinajstić information content (AvgIpc) is 3.03. The first-order valence-electron chi connectivity index (χ1n) is 11.1. The third-order valence-corrected chi connectivity index (χ3v) is 6.73. The van der Waals surface area contributed by atoms with Crippen LogP contribution in [0.1, 0.15) is 45.1 Å². The van der Waals surface area contributed by atoms with Gasteiger partial charge < -0.3 is 10.0 Å². The molecule has 0 spiro atoms. The molecule has 1 aromatic carbocycles. The normalized spacial score (nSPS) is 25.6. The highest BCUT2D eigenvalue weighted by atomic mass is 19.1. The predicted molar refractivity (Wildman–Crippen MR) is 120 cm³/mol. The summed E-state index contributed by atoms with van der Waals surface area (Å²) in [6.07, 6.45) is 5.93. The monoisotopic (exact) mass is 427 g/mol. The van der Waals surface area contributed by atoms with Crippen LogP contribution in [0.25, 0.3) is 0 Å². The summed E-state index contributed by atoms with van der Waals surface area (Å²) < 4.78 is 26.9. The zero-order valence-corrected chi connectivity index (χ0v) is 18.4. The Bertz CT molecular complexity index is 946. The molecule has 1 N–H and O–H groups in total. The van der Waals surface area contributed by atoms with Crippen LogP contribution in [0.3, 0.4) is 0 Å². The number of hydrogen-bond donors (Lipinski definition) is 1. The van der Waals surface area contributed by atoms with Crippen LogP contribution in [-0.4, -0.2) is 53.0 Å². The summed E-state index contributed by atoms with van der Waals surface area (Å²) in [4.78, 5) is 9.23. The number of hydrogen-bond acceptors (Lipinski definition) is 4. The smallest absolute Gasteiger partial charge is 0.131 e. The van der Waals surface area contributed by atoms with E-state index in [0.29, 0.717) is 17.0 Å². The van der Waals surface area contributed by atoms with E-state index in [4.69, 9.17) is 0 Å². The van der Waals surface area contributed by atoms with Crippen molar-refractivity contribution in [3.63, 3.8) is 0 Å². The van der Waals surface area contributed by atoms with Gasteiger partial charge in [0.2, 0.25) is 0 Å². The first-order valence-corrected chi connectivity index (χ1v) is 11.1. The molecule has 0 aromatic heterocycles. The summed E-state index contributed by atoms with van der Waals surface area (Å²) in [5, 5.41) is 11.3. The summed E-state index contributed by atoms with van der Waals surface area (Å²) in [5.41, 5.74) is 3.53. The highest BCUT2D eigenvalue weighted by molar-refractivity contribution is 6.16. The zero-order chi connectivity index (χ0) is 22.2. The number of nitrogens with zero attached hydrogens (tertiary/aromatic N) is 3. The third kappa shape index (κ3) is 4.11. The van der Waals surface area contributed by atoms with E-state index >= 15 is 0 Å². The third-order valence-electron chi connectivity index (χ3n) is 6.73. The molecule has 1 aromatic rings. The molecular formula is C25H31F2N3O. The van der Waals surface area contributed by atoms with E-state index in [0.717, 1.165) is 49.3 Å². The molecule has 0 amide bonds. The topological polar surface area (TPSA) is 39.1 Å². The van der Waals surface area contributed by atoms with Crippen molar-refractivity contribution in [1.82, 2.24) is 9.80 Å². The Hall–Kier alpha value is -2.31. The largest absolute Gasteiger partial charge is 0.384 e. The highest BCUT2D eigenvalue weighted by Gasteiger charge is 2.43. The van der Waals surface area contributed by atoms with Crippen LogP contribution in [0, 0.1) is 5.82 Å². The molecule has 1 saturated heterocycles. The Kier molecular flexibility index (Phi) is 6.13. The second-order valence-corrected chi connectivity index (χ2v) is 8.85. The van der Waals surface area contributed by atoms with Crippen LogP contribution in [-0.2, 0) is 5.60 Å². The molecule has 1 fully saturated rings. The number of allylic oxidation sites excluding steroid dienone is 3. The molecular weight excluding hydrogens is 396 g/mol. The summed E-state index contributed by atoms with van der Waals surface area (Å²) in [6.45, 7) is 9.50. The predicted octanol–water partition coefficient (Wildman–Crippen LogP) is 4.69. The van der Waals surface area contributed by atoms with Gasteiger partial charge in [-0.1, -0.05) is 31.2 Å². The second-order valence-electron chi connectivity index (χ2n) is 8.85. The summed E-state index contributed by atoms with van der Waals surface area (Å²) >= 11 is 0. The Morgan fingerprint density at radius 3 is 2.71 bits per heavy atom. The van der Waals surface area contributed by atoms with Crippen LogP contribution < -0.4 is 0 Å². The van der Waals surface area contributed by atoms with Crippen molar-refractivity contribution in [2.45, 2.75) is 51.2 Å². The number of halogens is 2. The molecule has 2 atom stereocenters. The Morgan fingerprint density at radius 2 is 2.03 bits per heavy atom. The van der Waals surface area contributed by atoms with Crippen LogP contribution in [0.15, 0.2) is 64.6 Å². The van der Waals surface area contributed by atoms with Gasteiger partial charge in [0.25, 0.3) is 0 Å². The lowest BCUT2D eigenvalue weighted by molar-refractivity contribution is 0.0332. The van der Waals surface area contributed by atoms with Crippen LogP contribution >= 0.6 is 0 Å². The van der Waals surface area contributed by atoms with Gasteiger partial charge in [-0.3, -0.25) is 4.90 Å². The lowest BCUT2D eigenvalue weighted by Crippen LogP contribution is -2.46. The fourth-order valence-electron chi connectivity index (χ4n) is 5.02. The van der Waals surface area contributed by atoms with Crippen molar-refractivity contribution in [3.05, 3.63) is 71.0 Å². The summed E-state index contributed by atoms with van der Waals surface area (Å²) in [7, 11) is 0. The van der Waals surface area contributed by atoms with Crippen molar-refractivity contribution in [2.24, 2.45) is 4.99 Å². The number of alkyl halides is 1. The molecule has 0 aliphatic carbocycles. The molecule has 3 heterocycles. The van der Waals surface area contributed by atoms with Crippen molar-refractivity contribution in [3.8, 4) is 0 Å². The molecule has 166 valence electrons. The van der Waals surface area contributed by atoms with Gasteiger partial charge in [0.15, 0.2) is 0 Å². The SMILES string of the molecule is C=C1C(=N/C(=C\C)CF)C2=C(CCN3CCCCC23)N1CC(C)(O)c1ccc(F)cc1. The van der Waals surface area contributed by atoms with Crippen LogP contribution in [0.4, 0.5) is 8.78 Å². The molecule has 2 unspecified atom stereocenters. The molecule has 4 nitrogen and oxygen atoms in total. The molecule has 3 aliphatic heterocycles. The van der Waals surface area contributed by atoms with E-state index in [1.165, 1.54) is 18.6 Å². The molecule has 4 rings (SSSR count). The zero-order valence-electron chi connectivity index (χ0n) is 18.4. The molecule has 0 radical (unpaired) electrons. The Balaban J connectivity index is 1.73. The minimum Gasteiger partial charge on any atom is -0.384 e. The first-order chi connectivity index (χ1) is 14.9. The average molecular weight is 428 g/mol. The van der Waals surface area contributed by atoms with Crippen molar-refractivity contribution >= 4 is 5.71 Å². The van der Waals surface area contributed by atoms with E-state index in [2.05, 4.69) is 21.4 Å². The van der Waals surface area contributed by atoms with Gasteiger partial charge in [0, 0.05) is 30.3 Å². The van der Waals surface area contributed by atoms with Gasteiger partial charge in [0.1, 0.15) is 18.1 Å². The van der Waals surface area contributed by atoms with Gasteiger partial charge >= 0.3 is 0 Å². The van der Waals surface area contributed by atoms with Gasteiger partial charge in [-0.25, -0.2) is 13.8 Å². The lowest BCUT2D eigenvalue weighted by Gasteiger charge is -2.41. The van der Waals surface area contributed by atoms with Crippen molar-refractivity contribution in [2.75, 3.05) is 26.3 Å². The number of β-amino-alcohol motifs (C(OH)–C–C–N with tert-alkyl or cyclic N) is 1. The molecule has 0 bridgehead atoms. The van der Waals surface area contributed by atoms with E-state index in [1.54, 1.807) is 32.1 Å². The Labute approximate surface area is 183 Å². The fourth-order valence-corrected chi connectivity index (χ4v) is 5.02. The van der Waals surface area contributed by atoms with Crippen molar-refractivity contribution < 1.29 is 13.9 Å². The van der Waals surface area contributed by atoms with Gasteiger partial charge in [-0.2, -0.15) is 0 Å². The quantitative estimate of drug-likeness (QED) is 0.741. The van der Waals surface area contributed by atoms with Gasteiger partial charge in [0.05, 0.1) is 23.7 Å². The maximum absolute atomic E-state index is 13.5. The molecule has 3 aliphatic rings. The van der Waals surface area contributed by atoms with Crippen LogP contribution in [0.5, 0.6) is 0 Å². The van der Waals surface area contributed by atoms with Crippen molar-refractivity contribution in [1.29, 1.82) is 0 Å². The fraction of sp³-hybridized carbons (Fsp3) is 0.480. The number of aliphatic imine (C=N–C) groups is 1. The number of rotatable bonds is 5. The number of benzene rings is 1. The van der Waals surface area contributed by atoms with E-state index in [-0.39, 0.29) is 18.4 Å². The summed E-state index contributed by atoms with van der Waals surface area (Å²) in [6, 6.07) is 6.21. The second kappa shape index (κ2) is 8.67. The highest BCUT2D eigenvalue weighted by Crippen LogP contribution is 2.42. The van der Waals surface area contributed by atoms with E-state index in [9.17, 15) is 13.9 Å². The number of aliphatic hydroxyl groups is 1. The van der Waals surface area contributed by atoms with Crippen LogP contribution in [0.2, 0.25) is 0 Å². The maximum atomic E-state index is 13.5. The number of fused-ring (bicyclic) bond motifs is 2. The Morgan fingerprint density at radius 1 is 1.29 bits per heavy atom. The standard InChI is InChI=1S/C25H31F2N3O/c1-4-20(15-26)28-24-17(2)30(16-25(3,31)18-8-10-19(27)11-9-18)22-12-14-29-13-6-5-7-21(29)23(22)24/h4,8-11,21,31H,2,5-7,12-16H2,1,3H3/b20-4-,28-24?. The molecule has 0 saturated carbocycles. The van der Waals surface area contributed by atoms with Gasteiger partial charge in [-0.15, -0.1) is 0 Å². The minimum absolute atomic E-state index is 0.256. The summed E-state index contributed by atoms with van der Waals surface area (Å²) in [5.74, 6) is -0.334. The number of piperidine rings is 1. The molecule has 6 heteroatoms. The maximum Gasteiger partial charge on any atom is 0.131 e. The first kappa shape index (κ1) is 21.9. The van der Waals surface area contributed by atoms with E-state index < -0.39 is 12.3 Å². The van der Waals surface area contributed by atoms with E-state index in [1.807, 2.05) is 0 Å².